The van der Waals surface area contributed by atoms with Crippen molar-refractivity contribution >= 4 is 17.8 Å². The Morgan fingerprint density at radius 3 is 2.71 bits per heavy atom. The van der Waals surface area contributed by atoms with Crippen LogP contribution in [0.4, 0.5) is 17.8 Å². The second-order valence-corrected chi connectivity index (χ2v) is 5.19. The zero-order valence-electron chi connectivity index (χ0n) is 12.2. The number of nitrogens with two attached hydrogens (primary N) is 1. The number of aryl methyl sites for hydroxylation is 1. The first-order valence-electron chi connectivity index (χ1n) is 7.07. The third-order valence-electron chi connectivity index (χ3n) is 3.38. The Morgan fingerprint density at radius 2 is 2.05 bits per heavy atom. The highest BCUT2D eigenvalue weighted by Crippen LogP contribution is 2.20. The lowest BCUT2D eigenvalue weighted by Gasteiger charge is -2.17. The fraction of sp³-hybridized carbons (Fsp3) is 0.538. The zero-order chi connectivity index (χ0) is 14.8. The van der Waals surface area contributed by atoms with Crippen LogP contribution in [0.1, 0.15) is 37.5 Å². The number of hydrogen-bond acceptors (Lipinski definition) is 8. The first kappa shape index (κ1) is 13.6. The molecule has 8 heteroatoms. The first-order chi connectivity index (χ1) is 10.1. The zero-order valence-corrected chi connectivity index (χ0v) is 12.2. The second kappa shape index (κ2) is 5.55. The Bertz CT molecular complexity index is 621. The van der Waals surface area contributed by atoms with Gasteiger partial charge in [0.05, 0.1) is 6.20 Å². The van der Waals surface area contributed by atoms with Crippen molar-refractivity contribution in [3.8, 4) is 0 Å². The number of hydrogen-bond donors (Lipinski definition) is 2. The number of nitrogens with one attached hydrogen (secondary N) is 1. The number of nitrogens with zero attached hydrogens (tertiary/aromatic N) is 5. The lowest BCUT2D eigenvalue weighted by atomic mass is 10.3. The summed E-state index contributed by atoms with van der Waals surface area (Å²) in [6.45, 7) is 5.70. The summed E-state index contributed by atoms with van der Waals surface area (Å²) in [5, 5.41) is 3.15. The van der Waals surface area contributed by atoms with E-state index in [1.807, 2.05) is 13.8 Å². The number of anilines is 3. The minimum absolute atomic E-state index is 0.146. The normalized spacial score (nSPS) is 16.2. The van der Waals surface area contributed by atoms with Crippen molar-refractivity contribution in [1.29, 1.82) is 0 Å². The molecule has 1 atom stereocenters. The summed E-state index contributed by atoms with van der Waals surface area (Å²) < 4.78 is 5.49. The van der Waals surface area contributed by atoms with Crippen LogP contribution in [0, 0.1) is 6.92 Å². The Labute approximate surface area is 122 Å². The standard InChI is InChI=1S/C13H19N7O/c1-8-7-15-10(21-8)9(2)16-12-17-11(14)18-13(19-12)20-5-3-4-6-20/h7,9H,3-6H2,1-2H3,(H3,14,16,17,18,19). The highest BCUT2D eigenvalue weighted by molar-refractivity contribution is 5.43. The lowest BCUT2D eigenvalue weighted by molar-refractivity contribution is 0.453. The maximum absolute atomic E-state index is 5.78. The summed E-state index contributed by atoms with van der Waals surface area (Å²) in [5.41, 5.74) is 5.78. The van der Waals surface area contributed by atoms with Crippen LogP contribution in [-0.2, 0) is 0 Å². The Morgan fingerprint density at radius 1 is 1.29 bits per heavy atom. The maximum atomic E-state index is 5.78. The lowest BCUT2D eigenvalue weighted by Crippen LogP contribution is -2.22. The van der Waals surface area contributed by atoms with Crippen LogP contribution >= 0.6 is 0 Å². The van der Waals surface area contributed by atoms with E-state index in [-0.39, 0.29) is 12.0 Å². The van der Waals surface area contributed by atoms with E-state index in [4.69, 9.17) is 10.2 Å². The van der Waals surface area contributed by atoms with Gasteiger partial charge in [-0.2, -0.15) is 15.0 Å². The van der Waals surface area contributed by atoms with E-state index in [0.717, 1.165) is 31.7 Å². The Balaban J connectivity index is 1.78. The first-order valence-corrected chi connectivity index (χ1v) is 7.07. The highest BCUT2D eigenvalue weighted by Gasteiger charge is 2.18. The van der Waals surface area contributed by atoms with Crippen LogP contribution in [-0.4, -0.2) is 33.0 Å². The van der Waals surface area contributed by atoms with Crippen LogP contribution < -0.4 is 16.0 Å². The summed E-state index contributed by atoms with van der Waals surface area (Å²) in [6, 6.07) is -0.146. The van der Waals surface area contributed by atoms with E-state index < -0.39 is 0 Å². The molecule has 3 rings (SSSR count). The van der Waals surface area contributed by atoms with Crippen molar-refractivity contribution < 1.29 is 4.42 Å². The average molecular weight is 289 g/mol. The number of rotatable bonds is 4. The molecule has 0 radical (unpaired) electrons. The second-order valence-electron chi connectivity index (χ2n) is 5.19. The van der Waals surface area contributed by atoms with Gasteiger partial charge in [0.25, 0.3) is 0 Å². The summed E-state index contributed by atoms with van der Waals surface area (Å²) in [5.74, 6) is 2.64. The van der Waals surface area contributed by atoms with Gasteiger partial charge in [-0.15, -0.1) is 0 Å². The van der Waals surface area contributed by atoms with Gasteiger partial charge in [0.15, 0.2) is 0 Å². The van der Waals surface area contributed by atoms with E-state index in [0.29, 0.717) is 17.8 Å². The molecule has 112 valence electrons. The topological polar surface area (TPSA) is 106 Å². The number of aromatic nitrogens is 4. The van der Waals surface area contributed by atoms with Crippen LogP contribution in [0.15, 0.2) is 10.6 Å². The monoisotopic (exact) mass is 289 g/mol. The third-order valence-corrected chi connectivity index (χ3v) is 3.38. The summed E-state index contributed by atoms with van der Waals surface area (Å²) in [6.07, 6.45) is 3.99. The molecule has 8 nitrogen and oxygen atoms in total. The minimum Gasteiger partial charge on any atom is -0.444 e. The van der Waals surface area contributed by atoms with Gasteiger partial charge in [0.1, 0.15) is 11.8 Å². The van der Waals surface area contributed by atoms with Crippen molar-refractivity contribution in [1.82, 2.24) is 19.9 Å². The molecule has 0 aliphatic carbocycles. The smallest absolute Gasteiger partial charge is 0.231 e. The van der Waals surface area contributed by atoms with Crippen LogP contribution in [0.5, 0.6) is 0 Å². The van der Waals surface area contributed by atoms with Crippen LogP contribution in [0.2, 0.25) is 0 Å². The van der Waals surface area contributed by atoms with Gasteiger partial charge in [0, 0.05) is 13.1 Å². The minimum atomic E-state index is -0.146. The van der Waals surface area contributed by atoms with Gasteiger partial charge in [-0.05, 0) is 26.7 Å². The van der Waals surface area contributed by atoms with Crippen molar-refractivity contribution in [2.45, 2.75) is 32.7 Å². The third kappa shape index (κ3) is 3.04. The summed E-state index contributed by atoms with van der Waals surface area (Å²) in [7, 11) is 0. The molecule has 3 heterocycles. The molecule has 21 heavy (non-hydrogen) atoms. The molecular weight excluding hydrogens is 270 g/mol. The maximum Gasteiger partial charge on any atom is 0.231 e. The molecule has 0 spiro atoms. The number of nitrogen functional groups attached to an aromatic ring is 1. The molecular formula is C13H19N7O. The van der Waals surface area contributed by atoms with Crippen molar-refractivity contribution in [3.05, 3.63) is 17.8 Å². The van der Waals surface area contributed by atoms with E-state index in [9.17, 15) is 0 Å². The summed E-state index contributed by atoms with van der Waals surface area (Å²) >= 11 is 0. The quantitative estimate of drug-likeness (QED) is 0.872. The molecule has 2 aromatic rings. The SMILES string of the molecule is Cc1cnc(C(C)Nc2nc(N)nc(N3CCCC3)n2)o1. The van der Waals surface area contributed by atoms with Gasteiger partial charge in [0.2, 0.25) is 23.7 Å². The van der Waals surface area contributed by atoms with E-state index in [1.54, 1.807) is 6.20 Å². The predicted molar refractivity (Wildman–Crippen MR) is 79.0 cm³/mol. The van der Waals surface area contributed by atoms with Crippen LogP contribution in [0.3, 0.4) is 0 Å². The van der Waals surface area contributed by atoms with Gasteiger partial charge in [-0.1, -0.05) is 0 Å². The molecule has 0 amide bonds. The van der Waals surface area contributed by atoms with E-state index in [1.165, 1.54) is 0 Å². The van der Waals surface area contributed by atoms with Crippen molar-refractivity contribution in [2.75, 3.05) is 29.0 Å². The molecule has 1 aliphatic rings. The molecule has 0 aromatic carbocycles. The van der Waals surface area contributed by atoms with Gasteiger partial charge < -0.3 is 20.4 Å². The number of oxazole rings is 1. The van der Waals surface area contributed by atoms with Crippen LogP contribution in [0.25, 0.3) is 0 Å². The molecule has 1 unspecified atom stereocenters. The molecule has 0 bridgehead atoms. The van der Waals surface area contributed by atoms with Gasteiger partial charge in [-0.3, -0.25) is 0 Å². The van der Waals surface area contributed by atoms with Crippen molar-refractivity contribution in [3.63, 3.8) is 0 Å². The highest BCUT2D eigenvalue weighted by atomic mass is 16.4. The predicted octanol–water partition coefficient (Wildman–Crippen LogP) is 1.52. The van der Waals surface area contributed by atoms with E-state index in [2.05, 4.69) is 30.2 Å². The molecule has 1 fully saturated rings. The van der Waals surface area contributed by atoms with E-state index >= 15 is 0 Å². The largest absolute Gasteiger partial charge is 0.444 e. The molecule has 2 aromatic heterocycles. The molecule has 1 saturated heterocycles. The van der Waals surface area contributed by atoms with Gasteiger partial charge >= 0.3 is 0 Å². The fourth-order valence-corrected chi connectivity index (χ4v) is 2.33. The Kier molecular flexibility index (Phi) is 3.59. The van der Waals surface area contributed by atoms with Gasteiger partial charge in [-0.25, -0.2) is 4.98 Å². The molecule has 0 saturated carbocycles. The molecule has 1 aliphatic heterocycles. The van der Waals surface area contributed by atoms with Crippen molar-refractivity contribution in [2.24, 2.45) is 0 Å². The average Bonchev–Trinajstić information content (AvgIpc) is 3.08. The fourth-order valence-electron chi connectivity index (χ4n) is 2.33. The summed E-state index contributed by atoms with van der Waals surface area (Å²) in [4.78, 5) is 19.1. The molecule has 3 N–H and O–H groups in total. The Hall–Kier alpha value is -2.38.